The molecule has 2 rings (SSSR count). The molecule has 1 aliphatic heterocycles. The lowest BCUT2D eigenvalue weighted by atomic mass is 9.87. The van der Waals surface area contributed by atoms with Gasteiger partial charge in [-0.1, -0.05) is 26.0 Å². The summed E-state index contributed by atoms with van der Waals surface area (Å²) in [5.41, 5.74) is 0.950. The number of benzene rings is 1. The van der Waals surface area contributed by atoms with Crippen molar-refractivity contribution in [3.63, 3.8) is 0 Å². The van der Waals surface area contributed by atoms with Crippen molar-refractivity contribution in [3.8, 4) is 0 Å². The smallest absolute Gasteiger partial charge is 0.223 e. The fraction of sp³-hybridized carbons (Fsp3) is 0.611. The fourth-order valence-electron chi connectivity index (χ4n) is 3.28. The first-order valence-corrected chi connectivity index (χ1v) is 10.2. The molecule has 0 aliphatic carbocycles. The van der Waals surface area contributed by atoms with E-state index >= 15 is 0 Å². The third-order valence-corrected chi connectivity index (χ3v) is 6.42. The molecule has 1 aromatic rings. The minimum absolute atomic E-state index is 0.0126. The van der Waals surface area contributed by atoms with Gasteiger partial charge in [-0.15, -0.1) is 0 Å². The Bertz CT molecular complexity index is 670. The zero-order valence-corrected chi connectivity index (χ0v) is 15.4. The Labute approximate surface area is 144 Å². The Balaban J connectivity index is 2.08. The number of halogens is 1. The van der Waals surface area contributed by atoms with Crippen LogP contribution in [0.5, 0.6) is 0 Å². The van der Waals surface area contributed by atoms with Crippen molar-refractivity contribution >= 4 is 15.7 Å². The third-order valence-electron chi connectivity index (χ3n) is 4.67. The van der Waals surface area contributed by atoms with Gasteiger partial charge in [-0.25, -0.2) is 12.8 Å². The predicted molar refractivity (Wildman–Crippen MR) is 93.0 cm³/mol. The summed E-state index contributed by atoms with van der Waals surface area (Å²) in [5, 5.41) is 0. The molecule has 134 valence electrons. The van der Waals surface area contributed by atoms with E-state index in [1.54, 1.807) is 24.1 Å². The second-order valence-corrected chi connectivity index (χ2v) is 9.37. The number of sulfone groups is 1. The van der Waals surface area contributed by atoms with Gasteiger partial charge in [0.25, 0.3) is 0 Å². The number of hydrogen-bond acceptors (Lipinski definition) is 3. The van der Waals surface area contributed by atoms with Gasteiger partial charge in [0.05, 0.1) is 11.5 Å². The molecule has 0 bridgehead atoms. The van der Waals surface area contributed by atoms with Crippen LogP contribution >= 0.6 is 0 Å². The molecule has 2 unspecified atom stereocenters. The van der Waals surface area contributed by atoms with Crippen molar-refractivity contribution in [2.24, 2.45) is 5.92 Å². The van der Waals surface area contributed by atoms with Gasteiger partial charge in [0, 0.05) is 19.5 Å². The standard InChI is InChI=1S/C18H26FNO3S/c1-13(2)10-15(14-4-6-16(19)7-5-14)11-18(21)20(3)17-8-9-24(22,23)12-17/h4-7,13,15,17H,8-12H2,1-3H3. The summed E-state index contributed by atoms with van der Waals surface area (Å²) >= 11 is 0. The largest absolute Gasteiger partial charge is 0.342 e. The highest BCUT2D eigenvalue weighted by molar-refractivity contribution is 7.91. The van der Waals surface area contributed by atoms with Gasteiger partial charge >= 0.3 is 0 Å². The van der Waals surface area contributed by atoms with Gasteiger partial charge in [0.15, 0.2) is 9.84 Å². The molecule has 1 saturated heterocycles. The van der Waals surface area contributed by atoms with Crippen LogP contribution in [-0.2, 0) is 14.6 Å². The van der Waals surface area contributed by atoms with Crippen LogP contribution in [0, 0.1) is 11.7 Å². The summed E-state index contributed by atoms with van der Waals surface area (Å²) in [6.07, 6.45) is 1.65. The molecule has 1 amide bonds. The summed E-state index contributed by atoms with van der Waals surface area (Å²) in [4.78, 5) is 14.2. The van der Waals surface area contributed by atoms with E-state index in [1.807, 2.05) is 0 Å². The summed E-state index contributed by atoms with van der Waals surface area (Å²) < 4.78 is 36.4. The van der Waals surface area contributed by atoms with Crippen molar-refractivity contribution in [1.82, 2.24) is 4.90 Å². The van der Waals surface area contributed by atoms with Crippen molar-refractivity contribution in [3.05, 3.63) is 35.6 Å². The van der Waals surface area contributed by atoms with Gasteiger partial charge in [-0.05, 0) is 42.4 Å². The Kier molecular flexibility index (Phi) is 6.01. The quantitative estimate of drug-likeness (QED) is 0.788. The van der Waals surface area contributed by atoms with Gasteiger partial charge in [0.2, 0.25) is 5.91 Å². The van der Waals surface area contributed by atoms with Crippen molar-refractivity contribution in [1.29, 1.82) is 0 Å². The van der Waals surface area contributed by atoms with Crippen molar-refractivity contribution < 1.29 is 17.6 Å². The van der Waals surface area contributed by atoms with Crippen LogP contribution in [0.2, 0.25) is 0 Å². The maximum atomic E-state index is 13.1. The molecule has 1 aliphatic rings. The normalized spacial score (nSPS) is 21.0. The highest BCUT2D eigenvalue weighted by Gasteiger charge is 2.33. The fourth-order valence-corrected chi connectivity index (χ4v) is 5.05. The first-order chi connectivity index (χ1) is 11.2. The molecule has 0 radical (unpaired) electrons. The van der Waals surface area contributed by atoms with E-state index in [2.05, 4.69) is 13.8 Å². The summed E-state index contributed by atoms with van der Waals surface area (Å²) in [7, 11) is -1.33. The van der Waals surface area contributed by atoms with Crippen LogP contribution in [-0.4, -0.2) is 43.8 Å². The lowest BCUT2D eigenvalue weighted by molar-refractivity contribution is -0.132. The average molecular weight is 355 g/mol. The van der Waals surface area contributed by atoms with Crippen molar-refractivity contribution in [2.75, 3.05) is 18.6 Å². The molecule has 6 heteroatoms. The molecule has 1 heterocycles. The zero-order valence-electron chi connectivity index (χ0n) is 14.5. The maximum Gasteiger partial charge on any atom is 0.223 e. The third kappa shape index (κ3) is 5.03. The summed E-state index contributed by atoms with van der Waals surface area (Å²) in [5.74, 6) is 0.292. The van der Waals surface area contributed by atoms with Crippen molar-refractivity contribution in [2.45, 2.75) is 45.1 Å². The second kappa shape index (κ2) is 7.64. The first-order valence-electron chi connectivity index (χ1n) is 8.39. The Morgan fingerprint density at radius 1 is 1.29 bits per heavy atom. The van der Waals surface area contributed by atoms with Gasteiger partial charge in [-0.2, -0.15) is 0 Å². The molecule has 0 saturated carbocycles. The van der Waals surface area contributed by atoms with Crippen LogP contribution in [0.3, 0.4) is 0 Å². The zero-order chi connectivity index (χ0) is 17.9. The van der Waals surface area contributed by atoms with Gasteiger partial charge < -0.3 is 4.90 Å². The molecule has 0 N–H and O–H groups in total. The van der Waals surface area contributed by atoms with Crippen LogP contribution < -0.4 is 0 Å². The SMILES string of the molecule is CC(C)CC(CC(=O)N(C)C1CCS(=O)(=O)C1)c1ccc(F)cc1. The minimum atomic E-state index is -3.01. The number of nitrogens with zero attached hydrogens (tertiary/aromatic N) is 1. The Morgan fingerprint density at radius 2 is 1.92 bits per heavy atom. The van der Waals surface area contributed by atoms with E-state index in [9.17, 15) is 17.6 Å². The van der Waals surface area contributed by atoms with E-state index in [4.69, 9.17) is 0 Å². The van der Waals surface area contributed by atoms with E-state index in [-0.39, 0.29) is 35.2 Å². The topological polar surface area (TPSA) is 54.5 Å². The number of rotatable bonds is 6. The average Bonchev–Trinajstić information content (AvgIpc) is 2.86. The molecular formula is C18H26FNO3S. The molecule has 1 aromatic carbocycles. The van der Waals surface area contributed by atoms with E-state index < -0.39 is 9.84 Å². The summed E-state index contributed by atoms with van der Waals surface area (Å²) in [6.45, 7) is 4.18. The lowest BCUT2D eigenvalue weighted by Crippen LogP contribution is -2.38. The van der Waals surface area contributed by atoms with Gasteiger partial charge in [0.1, 0.15) is 5.82 Å². The van der Waals surface area contributed by atoms with E-state index in [0.717, 1.165) is 12.0 Å². The monoisotopic (exact) mass is 355 g/mol. The molecule has 0 spiro atoms. The van der Waals surface area contributed by atoms with Gasteiger partial charge in [-0.3, -0.25) is 4.79 Å². The van der Waals surface area contributed by atoms with Crippen LogP contribution in [0.15, 0.2) is 24.3 Å². The molecule has 2 atom stereocenters. The molecule has 4 nitrogen and oxygen atoms in total. The number of hydrogen-bond donors (Lipinski definition) is 0. The number of amides is 1. The molecular weight excluding hydrogens is 329 g/mol. The first kappa shape index (κ1) is 18.9. The number of carbonyl (C=O) groups excluding carboxylic acids is 1. The van der Waals surface area contributed by atoms with Crippen LogP contribution in [0.1, 0.15) is 44.6 Å². The highest BCUT2D eigenvalue weighted by Crippen LogP contribution is 2.29. The van der Waals surface area contributed by atoms with E-state index in [1.165, 1.54) is 12.1 Å². The van der Waals surface area contributed by atoms with Crippen LogP contribution in [0.25, 0.3) is 0 Å². The lowest BCUT2D eigenvalue weighted by Gasteiger charge is -2.27. The number of carbonyl (C=O) groups is 1. The molecule has 1 fully saturated rings. The predicted octanol–water partition coefficient (Wildman–Crippen LogP) is 2.99. The Hall–Kier alpha value is -1.43. The molecule has 0 aromatic heterocycles. The maximum absolute atomic E-state index is 13.1. The van der Waals surface area contributed by atoms with Crippen LogP contribution in [0.4, 0.5) is 4.39 Å². The minimum Gasteiger partial charge on any atom is -0.342 e. The Morgan fingerprint density at radius 3 is 2.42 bits per heavy atom. The van der Waals surface area contributed by atoms with E-state index in [0.29, 0.717) is 18.8 Å². The highest BCUT2D eigenvalue weighted by atomic mass is 32.2. The molecule has 24 heavy (non-hydrogen) atoms. The second-order valence-electron chi connectivity index (χ2n) is 7.14. The summed E-state index contributed by atoms with van der Waals surface area (Å²) in [6, 6.07) is 6.07.